The number of aromatic amines is 1. The van der Waals surface area contributed by atoms with Crippen LogP contribution in [0.4, 0.5) is 10.1 Å². The average molecular weight is 450 g/mol. The van der Waals surface area contributed by atoms with Crippen LogP contribution in [0.2, 0.25) is 5.02 Å². The first-order valence-corrected chi connectivity index (χ1v) is 10.3. The maximum absolute atomic E-state index is 14.6. The molecule has 4 aromatic rings. The molecular weight excluding hydrogens is 433 g/mol. The van der Waals surface area contributed by atoms with Crippen molar-refractivity contribution in [2.75, 3.05) is 5.32 Å². The molecule has 8 nitrogen and oxygen atoms in total. The minimum atomic E-state index is -0.924. The lowest BCUT2D eigenvalue weighted by Gasteiger charge is -2.18. The first kappa shape index (κ1) is 20.2. The lowest BCUT2D eigenvalue weighted by Crippen LogP contribution is -2.28. The zero-order chi connectivity index (χ0) is 22.3. The molecule has 2 aromatic heterocycles. The average Bonchev–Trinajstić information content (AvgIpc) is 3.42. The van der Waals surface area contributed by atoms with Gasteiger partial charge in [0.15, 0.2) is 5.82 Å². The minimum Gasteiger partial charge on any atom is -0.325 e. The Morgan fingerprint density at radius 3 is 2.62 bits per heavy atom. The van der Waals surface area contributed by atoms with Crippen molar-refractivity contribution < 1.29 is 9.18 Å². The molecule has 0 spiro atoms. The van der Waals surface area contributed by atoms with Crippen LogP contribution in [0.15, 0.2) is 48.8 Å². The Kier molecular flexibility index (Phi) is 4.90. The highest BCUT2D eigenvalue weighted by Gasteiger charge is 2.53. The summed E-state index contributed by atoms with van der Waals surface area (Å²) in [7, 11) is 0. The smallest absolute Gasteiger partial charge is 0.235 e. The molecule has 2 aromatic carbocycles. The van der Waals surface area contributed by atoms with Crippen LogP contribution in [-0.4, -0.2) is 36.5 Å². The third kappa shape index (κ3) is 3.50. The van der Waals surface area contributed by atoms with Crippen molar-refractivity contribution in [3.8, 4) is 22.5 Å². The van der Waals surface area contributed by atoms with Crippen LogP contribution in [0, 0.1) is 12.7 Å². The number of anilines is 1. The molecule has 2 N–H and O–H groups in total. The van der Waals surface area contributed by atoms with Crippen molar-refractivity contribution in [1.29, 1.82) is 0 Å². The number of carbonyl (C=O) groups is 1. The largest absolute Gasteiger partial charge is 0.325 e. The number of aryl methyl sites for hydroxylation is 1. The summed E-state index contributed by atoms with van der Waals surface area (Å²) in [4.78, 5) is 21.7. The fourth-order valence-electron chi connectivity index (χ4n) is 3.74. The molecule has 160 valence electrons. The number of aromatic nitrogens is 6. The number of rotatable bonds is 5. The molecule has 5 rings (SSSR count). The van der Waals surface area contributed by atoms with Crippen LogP contribution in [0.3, 0.4) is 0 Å². The van der Waals surface area contributed by atoms with Gasteiger partial charge in [0.05, 0.1) is 10.4 Å². The Bertz CT molecular complexity index is 1300. The highest BCUT2D eigenvalue weighted by Crippen LogP contribution is 2.50. The zero-order valence-corrected chi connectivity index (χ0v) is 17.7. The van der Waals surface area contributed by atoms with E-state index in [1.54, 1.807) is 43.6 Å². The van der Waals surface area contributed by atoms with Gasteiger partial charge < -0.3 is 5.32 Å². The van der Waals surface area contributed by atoms with Crippen LogP contribution >= 0.6 is 11.6 Å². The van der Waals surface area contributed by atoms with Crippen molar-refractivity contribution in [3.05, 3.63) is 71.0 Å². The van der Waals surface area contributed by atoms with E-state index < -0.39 is 11.2 Å². The zero-order valence-electron chi connectivity index (χ0n) is 16.9. The molecule has 1 aliphatic rings. The van der Waals surface area contributed by atoms with Crippen LogP contribution in [-0.2, 0) is 10.2 Å². The Labute approximate surface area is 187 Å². The number of halogens is 2. The Balaban J connectivity index is 1.50. The van der Waals surface area contributed by atoms with Gasteiger partial charge in [0.25, 0.3) is 0 Å². The van der Waals surface area contributed by atoms with Gasteiger partial charge in [-0.25, -0.2) is 19.5 Å². The first-order chi connectivity index (χ1) is 15.5. The van der Waals surface area contributed by atoms with E-state index in [2.05, 4.69) is 35.9 Å². The van der Waals surface area contributed by atoms with Gasteiger partial charge in [-0.3, -0.25) is 4.79 Å². The molecule has 0 aliphatic heterocycles. The van der Waals surface area contributed by atoms with Crippen LogP contribution < -0.4 is 5.32 Å². The second kappa shape index (κ2) is 7.76. The van der Waals surface area contributed by atoms with E-state index in [0.29, 0.717) is 41.3 Å². The molecule has 1 aliphatic carbocycles. The van der Waals surface area contributed by atoms with E-state index in [-0.39, 0.29) is 10.9 Å². The van der Waals surface area contributed by atoms with E-state index in [9.17, 15) is 9.18 Å². The summed E-state index contributed by atoms with van der Waals surface area (Å²) in [6, 6.07) is 10.1. The molecule has 1 amide bonds. The number of tetrazole rings is 1. The number of carbonyl (C=O) groups excluding carboxylic acids is 1. The van der Waals surface area contributed by atoms with Gasteiger partial charge in [-0.2, -0.15) is 0 Å². The number of H-pyrrole nitrogens is 1. The maximum Gasteiger partial charge on any atom is 0.235 e. The number of hydrogen-bond acceptors (Lipinski definition) is 6. The van der Waals surface area contributed by atoms with Gasteiger partial charge in [-0.15, -0.1) is 5.10 Å². The molecule has 0 bridgehead atoms. The molecule has 1 saturated carbocycles. The quantitative estimate of drug-likeness (QED) is 0.475. The number of hydrogen-bond donors (Lipinski definition) is 2. The van der Waals surface area contributed by atoms with Crippen LogP contribution in [0.5, 0.6) is 0 Å². The van der Waals surface area contributed by atoms with Gasteiger partial charge in [0.2, 0.25) is 5.91 Å². The first-order valence-electron chi connectivity index (χ1n) is 9.91. The van der Waals surface area contributed by atoms with Crippen LogP contribution in [0.25, 0.3) is 22.5 Å². The summed E-state index contributed by atoms with van der Waals surface area (Å²) in [5, 5.41) is 17.0. The molecule has 0 atom stereocenters. The summed E-state index contributed by atoms with van der Waals surface area (Å²) in [6.07, 6.45) is 4.52. The summed E-state index contributed by atoms with van der Waals surface area (Å²) in [5.41, 5.74) is 2.16. The Morgan fingerprint density at radius 1 is 1.16 bits per heavy atom. The van der Waals surface area contributed by atoms with E-state index in [0.717, 1.165) is 11.1 Å². The van der Waals surface area contributed by atoms with Gasteiger partial charge in [-0.05, 0) is 54.0 Å². The number of nitrogens with one attached hydrogen (secondary N) is 2. The molecule has 0 unspecified atom stereocenters. The second-order valence-electron chi connectivity index (χ2n) is 7.67. The second-order valence-corrected chi connectivity index (χ2v) is 8.07. The summed E-state index contributed by atoms with van der Waals surface area (Å²) >= 11 is 5.94. The third-order valence-corrected chi connectivity index (χ3v) is 5.91. The van der Waals surface area contributed by atoms with Crippen molar-refractivity contribution in [2.24, 2.45) is 0 Å². The molecule has 1 fully saturated rings. The van der Waals surface area contributed by atoms with Crippen molar-refractivity contribution in [2.45, 2.75) is 25.2 Å². The van der Waals surface area contributed by atoms with Crippen molar-refractivity contribution in [3.63, 3.8) is 0 Å². The summed E-state index contributed by atoms with van der Waals surface area (Å²) in [6.45, 7) is 1.81. The number of amides is 1. The molecule has 0 radical (unpaired) electrons. The molecule has 2 heterocycles. The predicted molar refractivity (Wildman–Crippen MR) is 116 cm³/mol. The van der Waals surface area contributed by atoms with Gasteiger partial charge >= 0.3 is 0 Å². The predicted octanol–water partition coefficient (Wildman–Crippen LogP) is 4.09. The fraction of sp³-hybridized carbons (Fsp3) is 0.182. The maximum atomic E-state index is 14.6. The normalized spacial score (nSPS) is 14.2. The van der Waals surface area contributed by atoms with E-state index in [4.69, 9.17) is 11.6 Å². The van der Waals surface area contributed by atoms with E-state index >= 15 is 0 Å². The van der Waals surface area contributed by atoms with Crippen molar-refractivity contribution in [1.82, 2.24) is 30.6 Å². The third-order valence-electron chi connectivity index (χ3n) is 5.62. The van der Waals surface area contributed by atoms with E-state index in [1.165, 1.54) is 6.07 Å². The van der Waals surface area contributed by atoms with Crippen LogP contribution in [0.1, 0.15) is 24.2 Å². The summed E-state index contributed by atoms with van der Waals surface area (Å²) in [5.74, 6) is 0.249. The van der Waals surface area contributed by atoms with Gasteiger partial charge in [0.1, 0.15) is 11.6 Å². The highest BCUT2D eigenvalue weighted by atomic mass is 35.5. The molecule has 0 saturated heterocycles. The topological polar surface area (TPSA) is 109 Å². The van der Waals surface area contributed by atoms with Gasteiger partial charge in [-0.1, -0.05) is 29.8 Å². The monoisotopic (exact) mass is 449 g/mol. The molecular formula is C22H17ClFN7O. The van der Waals surface area contributed by atoms with E-state index in [1.807, 2.05) is 6.07 Å². The number of benzene rings is 2. The number of nitrogens with zero attached hydrogens (tertiary/aromatic N) is 5. The standard InChI is InChI=1S/C22H17ClFN7O/c1-12-25-10-13(11-26-12)15-6-5-14(9-16(15)20-28-30-31-29-20)27-21(32)22(7-8-22)17-3-2-4-18(23)19(17)24/h2-6,9-11H,7-8H2,1H3,(H,27,32)(H,28,29,30,31). The van der Waals surface area contributed by atoms with Crippen molar-refractivity contribution >= 4 is 23.2 Å². The minimum absolute atomic E-state index is 0.00588. The SMILES string of the molecule is Cc1ncc(-c2ccc(NC(=O)C3(c4cccc(Cl)c4F)CC3)cc2-c2nnn[nH]2)cn1. The lowest BCUT2D eigenvalue weighted by molar-refractivity contribution is -0.118. The summed E-state index contributed by atoms with van der Waals surface area (Å²) < 4.78 is 14.6. The molecule has 10 heteroatoms. The Hall–Kier alpha value is -3.72. The Morgan fingerprint density at radius 2 is 1.94 bits per heavy atom. The fourth-order valence-corrected chi connectivity index (χ4v) is 3.92. The lowest BCUT2D eigenvalue weighted by atomic mass is 9.94. The highest BCUT2D eigenvalue weighted by molar-refractivity contribution is 6.30. The van der Waals surface area contributed by atoms with Gasteiger partial charge in [0, 0.05) is 34.8 Å². The molecule has 32 heavy (non-hydrogen) atoms.